The molecular formula is C21H26N2O3. The summed E-state index contributed by atoms with van der Waals surface area (Å²) < 4.78 is 5.82. The second kappa shape index (κ2) is 8.83. The molecule has 2 aromatic carbocycles. The van der Waals surface area contributed by atoms with Crippen molar-refractivity contribution in [1.29, 1.82) is 0 Å². The quantitative estimate of drug-likeness (QED) is 0.828. The predicted molar refractivity (Wildman–Crippen MR) is 101 cm³/mol. The van der Waals surface area contributed by atoms with E-state index in [0.29, 0.717) is 13.2 Å². The van der Waals surface area contributed by atoms with Crippen molar-refractivity contribution in [1.82, 2.24) is 9.80 Å². The number of piperazine rings is 1. The smallest absolute Gasteiger partial charge is 0.322 e. The Bertz CT molecular complexity index is 703. The van der Waals surface area contributed by atoms with Crippen LogP contribution in [0.25, 0.3) is 0 Å². The minimum atomic E-state index is -0.751. The number of rotatable bonds is 7. The van der Waals surface area contributed by atoms with Gasteiger partial charge in [-0.25, -0.2) is 0 Å². The molecule has 0 aromatic heterocycles. The molecule has 0 radical (unpaired) electrons. The SMILES string of the molecule is CN1CCN(Cc2ccc(OCCc3ccccc3)cc2)C[C@H]1C(=O)O. The molecule has 1 heterocycles. The lowest BCUT2D eigenvalue weighted by molar-refractivity contribution is -0.145. The van der Waals surface area contributed by atoms with Crippen molar-refractivity contribution in [3.63, 3.8) is 0 Å². The van der Waals surface area contributed by atoms with Crippen LogP contribution in [0.2, 0.25) is 0 Å². The molecule has 5 nitrogen and oxygen atoms in total. The summed E-state index contributed by atoms with van der Waals surface area (Å²) in [5, 5.41) is 9.31. The third-order valence-corrected chi connectivity index (χ3v) is 4.85. The maximum absolute atomic E-state index is 11.3. The fraction of sp³-hybridized carbons (Fsp3) is 0.381. The molecule has 2 aromatic rings. The minimum absolute atomic E-state index is 0.427. The van der Waals surface area contributed by atoms with Crippen LogP contribution in [-0.4, -0.2) is 60.2 Å². The van der Waals surface area contributed by atoms with Gasteiger partial charge in [0.15, 0.2) is 0 Å². The van der Waals surface area contributed by atoms with Crippen molar-refractivity contribution in [3.8, 4) is 5.75 Å². The van der Waals surface area contributed by atoms with Gasteiger partial charge in [0, 0.05) is 32.6 Å². The Hall–Kier alpha value is -2.37. The van der Waals surface area contributed by atoms with Crippen molar-refractivity contribution >= 4 is 5.97 Å². The van der Waals surface area contributed by atoms with Gasteiger partial charge in [0.1, 0.15) is 11.8 Å². The van der Waals surface area contributed by atoms with E-state index in [9.17, 15) is 9.90 Å². The summed E-state index contributed by atoms with van der Waals surface area (Å²) in [6, 6.07) is 18.0. The van der Waals surface area contributed by atoms with Crippen molar-refractivity contribution in [2.24, 2.45) is 0 Å². The number of ether oxygens (including phenoxy) is 1. The molecule has 0 bridgehead atoms. The first-order chi connectivity index (χ1) is 12.6. The van der Waals surface area contributed by atoms with E-state index in [1.165, 1.54) is 11.1 Å². The second-order valence-corrected chi connectivity index (χ2v) is 6.80. The number of benzene rings is 2. The van der Waals surface area contributed by atoms with Crippen LogP contribution in [0, 0.1) is 0 Å². The molecule has 3 rings (SSSR count). The summed E-state index contributed by atoms with van der Waals surface area (Å²) in [6.07, 6.45) is 0.889. The maximum atomic E-state index is 11.3. The second-order valence-electron chi connectivity index (χ2n) is 6.80. The lowest BCUT2D eigenvalue weighted by Gasteiger charge is -2.37. The Labute approximate surface area is 154 Å². The highest BCUT2D eigenvalue weighted by atomic mass is 16.5. The zero-order valence-electron chi connectivity index (χ0n) is 15.2. The van der Waals surface area contributed by atoms with Gasteiger partial charge in [0.2, 0.25) is 0 Å². The van der Waals surface area contributed by atoms with Gasteiger partial charge < -0.3 is 9.84 Å². The number of hydrogen-bond acceptors (Lipinski definition) is 4. The molecule has 1 saturated heterocycles. The van der Waals surface area contributed by atoms with Gasteiger partial charge in [-0.05, 0) is 30.3 Å². The monoisotopic (exact) mass is 354 g/mol. The first kappa shape index (κ1) is 18.4. The Morgan fingerprint density at radius 3 is 2.50 bits per heavy atom. The molecule has 1 N–H and O–H groups in total. The van der Waals surface area contributed by atoms with Crippen molar-refractivity contribution < 1.29 is 14.6 Å². The van der Waals surface area contributed by atoms with Crippen LogP contribution < -0.4 is 4.74 Å². The first-order valence-corrected chi connectivity index (χ1v) is 9.03. The highest BCUT2D eigenvalue weighted by molar-refractivity contribution is 5.73. The van der Waals surface area contributed by atoms with Crippen LogP contribution in [0.4, 0.5) is 0 Å². The first-order valence-electron chi connectivity index (χ1n) is 9.03. The van der Waals surface area contributed by atoms with Gasteiger partial charge >= 0.3 is 5.97 Å². The Balaban J connectivity index is 1.47. The van der Waals surface area contributed by atoms with Crippen molar-refractivity contribution in [3.05, 3.63) is 65.7 Å². The predicted octanol–water partition coefficient (Wildman–Crippen LogP) is 2.51. The lowest BCUT2D eigenvalue weighted by Crippen LogP contribution is -2.54. The van der Waals surface area contributed by atoms with Crippen LogP contribution in [0.3, 0.4) is 0 Å². The zero-order valence-corrected chi connectivity index (χ0v) is 15.2. The highest BCUT2D eigenvalue weighted by Crippen LogP contribution is 2.16. The summed E-state index contributed by atoms with van der Waals surface area (Å²) in [6.45, 7) is 3.64. The van der Waals surface area contributed by atoms with E-state index >= 15 is 0 Å². The summed E-state index contributed by atoms with van der Waals surface area (Å²) in [5.74, 6) is 0.117. The minimum Gasteiger partial charge on any atom is -0.493 e. The fourth-order valence-electron chi connectivity index (χ4n) is 3.22. The van der Waals surface area contributed by atoms with E-state index in [1.54, 1.807) is 0 Å². The number of carbonyl (C=O) groups is 1. The third-order valence-electron chi connectivity index (χ3n) is 4.85. The van der Waals surface area contributed by atoms with Crippen LogP contribution in [0.5, 0.6) is 5.75 Å². The average Bonchev–Trinajstić information content (AvgIpc) is 2.65. The molecule has 1 atom stereocenters. The number of likely N-dealkylation sites (N-methyl/N-ethyl adjacent to an activating group) is 1. The number of nitrogens with zero attached hydrogens (tertiary/aromatic N) is 2. The molecule has 138 valence electrons. The summed E-state index contributed by atoms with van der Waals surface area (Å²) >= 11 is 0. The molecule has 1 fully saturated rings. The van der Waals surface area contributed by atoms with Crippen LogP contribution >= 0.6 is 0 Å². The fourth-order valence-corrected chi connectivity index (χ4v) is 3.22. The van der Waals surface area contributed by atoms with E-state index in [-0.39, 0.29) is 0 Å². The van der Waals surface area contributed by atoms with E-state index in [4.69, 9.17) is 4.74 Å². The summed E-state index contributed by atoms with van der Waals surface area (Å²) in [7, 11) is 1.87. The van der Waals surface area contributed by atoms with E-state index in [2.05, 4.69) is 29.2 Å². The lowest BCUT2D eigenvalue weighted by atomic mass is 10.1. The number of hydrogen-bond donors (Lipinski definition) is 1. The topological polar surface area (TPSA) is 53.0 Å². The van der Waals surface area contributed by atoms with Gasteiger partial charge in [-0.1, -0.05) is 42.5 Å². The van der Waals surface area contributed by atoms with Gasteiger partial charge in [-0.2, -0.15) is 0 Å². The number of aliphatic carboxylic acids is 1. The van der Waals surface area contributed by atoms with Gasteiger partial charge in [-0.3, -0.25) is 14.6 Å². The molecule has 1 aliphatic heterocycles. The van der Waals surface area contributed by atoms with E-state index < -0.39 is 12.0 Å². The molecule has 0 aliphatic carbocycles. The molecular weight excluding hydrogens is 328 g/mol. The highest BCUT2D eigenvalue weighted by Gasteiger charge is 2.29. The number of carboxylic acid groups (broad SMARTS) is 1. The summed E-state index contributed by atoms with van der Waals surface area (Å²) in [4.78, 5) is 15.4. The number of carboxylic acids is 1. The third kappa shape index (κ3) is 5.07. The van der Waals surface area contributed by atoms with Crippen LogP contribution in [-0.2, 0) is 17.8 Å². The standard InChI is InChI=1S/C21H26N2O3/c1-22-12-13-23(16-20(22)21(24)25)15-18-7-9-19(10-8-18)26-14-11-17-5-3-2-4-6-17/h2-10,20H,11-16H2,1H3,(H,24,25)/t20-/m0/s1. The Morgan fingerprint density at radius 1 is 1.08 bits per heavy atom. The maximum Gasteiger partial charge on any atom is 0.322 e. The molecule has 26 heavy (non-hydrogen) atoms. The van der Waals surface area contributed by atoms with Crippen LogP contribution in [0.1, 0.15) is 11.1 Å². The average molecular weight is 354 g/mol. The molecule has 0 amide bonds. The Morgan fingerprint density at radius 2 is 1.81 bits per heavy atom. The largest absolute Gasteiger partial charge is 0.493 e. The molecule has 0 spiro atoms. The molecule has 5 heteroatoms. The van der Waals surface area contributed by atoms with Gasteiger partial charge in [0.25, 0.3) is 0 Å². The zero-order chi connectivity index (χ0) is 18.4. The van der Waals surface area contributed by atoms with Crippen molar-refractivity contribution in [2.45, 2.75) is 19.0 Å². The van der Waals surface area contributed by atoms with E-state index in [0.717, 1.165) is 31.8 Å². The molecule has 1 aliphatic rings. The van der Waals surface area contributed by atoms with Crippen LogP contribution in [0.15, 0.2) is 54.6 Å². The van der Waals surface area contributed by atoms with Gasteiger partial charge in [-0.15, -0.1) is 0 Å². The molecule has 0 saturated carbocycles. The molecule has 0 unspecified atom stereocenters. The Kier molecular flexibility index (Phi) is 6.26. The summed E-state index contributed by atoms with van der Waals surface area (Å²) in [5.41, 5.74) is 2.45. The van der Waals surface area contributed by atoms with Crippen molar-refractivity contribution in [2.75, 3.05) is 33.3 Å². The van der Waals surface area contributed by atoms with E-state index in [1.807, 2.05) is 42.3 Å². The normalized spacial score (nSPS) is 18.6. The van der Waals surface area contributed by atoms with Gasteiger partial charge in [0.05, 0.1) is 6.61 Å².